The molecule has 1 aliphatic heterocycles. The van der Waals surface area contributed by atoms with Crippen LogP contribution in [0.4, 0.5) is 0 Å². The fourth-order valence-corrected chi connectivity index (χ4v) is 2.38. The van der Waals surface area contributed by atoms with Crippen LogP contribution in [0, 0.1) is 0 Å². The molecule has 2 amide bonds. The van der Waals surface area contributed by atoms with Gasteiger partial charge in [-0.1, -0.05) is 32.6 Å². The molecule has 20 heavy (non-hydrogen) atoms. The smallest absolute Gasteiger partial charge is 0.286 e. The Bertz CT molecular complexity index is 638. The van der Waals surface area contributed by atoms with E-state index in [1.54, 1.807) is 12.1 Å². The number of carbonyl (C=O) groups is 2. The molecule has 2 rings (SSSR count). The lowest BCUT2D eigenvalue weighted by atomic mass is 9.86. The fraction of sp³-hybridized carbons (Fsp3) is 0.231. The number of hydrogen-bond donors (Lipinski definition) is 0. The van der Waals surface area contributed by atoms with Crippen LogP contribution in [0.15, 0.2) is 24.8 Å². The van der Waals surface area contributed by atoms with E-state index in [0.717, 1.165) is 5.56 Å². The average molecular weight is 294 g/mol. The van der Waals surface area contributed by atoms with Crippen LogP contribution in [0.2, 0.25) is 0 Å². The van der Waals surface area contributed by atoms with Crippen LogP contribution in [0.5, 0.6) is 0 Å². The second-order valence-electron chi connectivity index (χ2n) is 4.59. The van der Waals surface area contributed by atoms with Crippen molar-refractivity contribution >= 4 is 28.7 Å². The largest absolute Gasteiger partial charge is 0.748 e. The van der Waals surface area contributed by atoms with Crippen molar-refractivity contribution < 1.29 is 22.6 Å². The van der Waals surface area contributed by atoms with Gasteiger partial charge in [0.25, 0.3) is 11.8 Å². The van der Waals surface area contributed by atoms with Gasteiger partial charge >= 0.3 is 0 Å². The number of carbonyl (C=O) groups excluding carboxylic acids is 2. The minimum Gasteiger partial charge on any atom is -0.748 e. The third-order valence-electron chi connectivity index (χ3n) is 3.01. The lowest BCUT2D eigenvalue weighted by Gasteiger charge is -2.29. The quantitative estimate of drug-likeness (QED) is 0.479. The highest BCUT2D eigenvalue weighted by atomic mass is 32.2. The van der Waals surface area contributed by atoms with Gasteiger partial charge in [0.1, 0.15) is 11.4 Å². The molecular formula is C13H12NO5S-. The van der Waals surface area contributed by atoms with Crippen molar-refractivity contribution in [3.63, 3.8) is 0 Å². The van der Waals surface area contributed by atoms with E-state index in [4.69, 9.17) is 0 Å². The maximum atomic E-state index is 12.1. The first-order valence-electron chi connectivity index (χ1n) is 5.83. The van der Waals surface area contributed by atoms with E-state index in [-0.39, 0.29) is 22.1 Å². The summed E-state index contributed by atoms with van der Waals surface area (Å²) in [6.07, 6.45) is 0. The van der Waals surface area contributed by atoms with Crippen molar-refractivity contribution in [3.05, 3.63) is 41.5 Å². The van der Waals surface area contributed by atoms with Crippen LogP contribution < -0.4 is 0 Å². The molecule has 6 nitrogen and oxygen atoms in total. The molecule has 0 fully saturated rings. The first-order chi connectivity index (χ1) is 9.34. The fourth-order valence-electron chi connectivity index (χ4n) is 2.13. The summed E-state index contributed by atoms with van der Waals surface area (Å²) in [5.41, 5.74) is 1.49. The Balaban J connectivity index is 2.61. The molecule has 0 bridgehead atoms. The third kappa shape index (κ3) is 2.31. The number of hydrogen-bond acceptors (Lipinski definition) is 5. The Labute approximate surface area is 118 Å². The second kappa shape index (κ2) is 5.28. The highest BCUT2D eigenvalue weighted by Gasteiger charge is 2.37. The maximum Gasteiger partial charge on any atom is 0.286 e. The predicted octanol–water partition coefficient (Wildman–Crippen LogP) is 1.53. The second-order valence-corrected chi connectivity index (χ2v) is 5.14. The van der Waals surface area contributed by atoms with Crippen LogP contribution in [-0.4, -0.2) is 25.6 Å². The summed E-state index contributed by atoms with van der Waals surface area (Å²) in [7, 11) is 0. The number of fused-ring (bicyclic) bond motifs is 1. The molecule has 1 aromatic carbocycles. The van der Waals surface area contributed by atoms with Crippen LogP contribution in [0.1, 0.15) is 41.3 Å². The molecule has 0 radical (unpaired) electrons. The highest BCUT2D eigenvalue weighted by molar-refractivity contribution is 7.74. The number of hydroxylamine groups is 2. The zero-order valence-corrected chi connectivity index (χ0v) is 11.7. The highest BCUT2D eigenvalue weighted by Crippen LogP contribution is 2.34. The molecule has 0 aliphatic carbocycles. The third-order valence-corrected chi connectivity index (χ3v) is 3.28. The number of benzene rings is 1. The van der Waals surface area contributed by atoms with Gasteiger partial charge in [-0.2, -0.15) is 4.28 Å². The van der Waals surface area contributed by atoms with Crippen LogP contribution in [0.25, 0.3) is 5.57 Å². The van der Waals surface area contributed by atoms with Crippen molar-refractivity contribution in [2.75, 3.05) is 0 Å². The molecular weight excluding hydrogens is 282 g/mol. The normalized spacial score (nSPS) is 16.6. The molecule has 1 atom stereocenters. The minimum atomic E-state index is -3.02. The number of rotatable bonds is 3. The van der Waals surface area contributed by atoms with Gasteiger partial charge in [-0.05, 0) is 17.5 Å². The molecule has 0 N–H and O–H groups in total. The Morgan fingerprint density at radius 1 is 1.30 bits per heavy atom. The molecule has 1 aromatic rings. The maximum absolute atomic E-state index is 12.1. The molecule has 1 aliphatic rings. The summed E-state index contributed by atoms with van der Waals surface area (Å²) < 4.78 is 25.3. The topological polar surface area (TPSA) is 86.7 Å². The molecule has 106 valence electrons. The summed E-state index contributed by atoms with van der Waals surface area (Å²) in [5.74, 6) is -1.60. The van der Waals surface area contributed by atoms with E-state index in [9.17, 15) is 18.4 Å². The molecule has 1 unspecified atom stereocenters. The van der Waals surface area contributed by atoms with E-state index in [1.807, 2.05) is 13.8 Å². The first kappa shape index (κ1) is 14.6. The molecule has 1 heterocycles. The van der Waals surface area contributed by atoms with Crippen molar-refractivity contribution in [1.29, 1.82) is 0 Å². The summed E-state index contributed by atoms with van der Waals surface area (Å²) in [5, 5.41) is 0.206. The average Bonchev–Trinajstić information content (AvgIpc) is 2.40. The number of imide groups is 1. The van der Waals surface area contributed by atoms with Crippen molar-refractivity contribution in [1.82, 2.24) is 5.06 Å². The van der Waals surface area contributed by atoms with E-state index in [2.05, 4.69) is 10.9 Å². The molecule has 7 heteroatoms. The Morgan fingerprint density at radius 3 is 2.50 bits per heavy atom. The summed E-state index contributed by atoms with van der Waals surface area (Å²) in [6.45, 7) is 7.50. The van der Waals surface area contributed by atoms with E-state index in [1.165, 1.54) is 6.07 Å². The van der Waals surface area contributed by atoms with E-state index < -0.39 is 23.2 Å². The van der Waals surface area contributed by atoms with Gasteiger partial charge in [0.05, 0.1) is 5.56 Å². The van der Waals surface area contributed by atoms with E-state index >= 15 is 0 Å². The Hall–Kier alpha value is -1.83. The predicted molar refractivity (Wildman–Crippen MR) is 70.7 cm³/mol. The van der Waals surface area contributed by atoms with Gasteiger partial charge in [0, 0.05) is 11.1 Å². The zero-order valence-electron chi connectivity index (χ0n) is 10.9. The van der Waals surface area contributed by atoms with Crippen molar-refractivity contribution in [2.24, 2.45) is 0 Å². The summed E-state index contributed by atoms with van der Waals surface area (Å²) in [6, 6.07) is 4.98. The van der Waals surface area contributed by atoms with Crippen molar-refractivity contribution in [3.8, 4) is 0 Å². The lowest BCUT2D eigenvalue weighted by Crippen LogP contribution is -2.42. The molecule has 0 saturated carbocycles. The summed E-state index contributed by atoms with van der Waals surface area (Å²) >= 11 is -3.02. The van der Waals surface area contributed by atoms with Gasteiger partial charge in [0.2, 0.25) is 0 Å². The Kier molecular flexibility index (Phi) is 3.85. The minimum absolute atomic E-state index is 0.0364. The standard InChI is InChI=1S/C13H13NO5S/c1-7(2)9-5-4-6-10-11(9)8(3)12(15)14(13(10)16)19-20(17)18/h4-7H,3H2,1-2H3,(H,17,18)/p-1. The SMILES string of the molecule is C=C1C(=O)N(OS(=O)[O-])C(=O)c2cccc(C(C)C)c21. The monoisotopic (exact) mass is 294 g/mol. The van der Waals surface area contributed by atoms with Crippen LogP contribution in [0.3, 0.4) is 0 Å². The van der Waals surface area contributed by atoms with Crippen LogP contribution >= 0.6 is 0 Å². The number of nitrogens with zero attached hydrogens (tertiary/aromatic N) is 1. The van der Waals surface area contributed by atoms with Gasteiger partial charge < -0.3 is 4.55 Å². The van der Waals surface area contributed by atoms with Gasteiger partial charge in [-0.3, -0.25) is 9.59 Å². The van der Waals surface area contributed by atoms with E-state index in [0.29, 0.717) is 5.56 Å². The lowest BCUT2D eigenvalue weighted by molar-refractivity contribution is -0.141. The molecule has 0 spiro atoms. The van der Waals surface area contributed by atoms with Crippen LogP contribution in [-0.2, 0) is 20.4 Å². The molecule has 0 aromatic heterocycles. The first-order valence-corrected chi connectivity index (χ1v) is 6.83. The zero-order chi connectivity index (χ0) is 15.0. The Morgan fingerprint density at radius 2 is 1.95 bits per heavy atom. The van der Waals surface area contributed by atoms with Gasteiger partial charge in [0.15, 0.2) is 0 Å². The van der Waals surface area contributed by atoms with Gasteiger partial charge in [-0.25, -0.2) is 4.21 Å². The molecule has 0 saturated heterocycles. The van der Waals surface area contributed by atoms with Gasteiger partial charge in [-0.15, -0.1) is 5.06 Å². The summed E-state index contributed by atoms with van der Waals surface area (Å²) in [4.78, 5) is 24.2. The van der Waals surface area contributed by atoms with Crippen molar-refractivity contribution in [2.45, 2.75) is 19.8 Å². The number of amides is 2.